The maximum absolute atomic E-state index is 14.1. The Hall–Kier alpha value is -7.10. The topological polar surface area (TPSA) is 351 Å². The summed E-state index contributed by atoms with van der Waals surface area (Å²) in [6, 6.07) is 4.90. The normalized spacial score (nSPS) is 15.2. The van der Waals surface area contributed by atoms with Crippen LogP contribution in [0.2, 0.25) is 0 Å². The molecular weight excluding hydrogens is 913 g/mol. The average Bonchev–Trinajstić information content (AvgIpc) is 3.62. The molecule has 0 fully saturated rings. The molecule has 3 rings (SSSR count). The molecule has 7 amide bonds. The van der Waals surface area contributed by atoms with Gasteiger partial charge >= 0.3 is 24.0 Å². The molecule has 2 aromatic carbocycles. The van der Waals surface area contributed by atoms with Gasteiger partial charge in [-0.05, 0) is 72.7 Å². The molecule has 0 saturated heterocycles. The fourth-order valence-corrected chi connectivity index (χ4v) is 7.75. The molecule has 0 radical (unpaired) electrons. The summed E-state index contributed by atoms with van der Waals surface area (Å²) in [5.74, 6) is -12.0. The lowest BCUT2D eigenvalue weighted by atomic mass is 9.96. The first-order valence-corrected chi connectivity index (χ1v) is 23.3. The van der Waals surface area contributed by atoms with Gasteiger partial charge < -0.3 is 63.0 Å². The van der Waals surface area contributed by atoms with E-state index in [0.717, 1.165) is 22.3 Å². The van der Waals surface area contributed by atoms with Crippen LogP contribution >= 0.6 is 0 Å². The highest BCUT2D eigenvalue weighted by molar-refractivity contribution is 5.98. The van der Waals surface area contributed by atoms with Gasteiger partial charge in [0.2, 0.25) is 35.4 Å². The maximum Gasteiger partial charge on any atom is 0.407 e. The van der Waals surface area contributed by atoms with E-state index in [1.54, 1.807) is 41.5 Å². The summed E-state index contributed by atoms with van der Waals surface area (Å²) in [6.45, 7) is 11.2. The number of carboxylic acids is 3. The summed E-state index contributed by atoms with van der Waals surface area (Å²) in [5, 5.41) is 45.9. The van der Waals surface area contributed by atoms with Crippen molar-refractivity contribution in [2.45, 2.75) is 135 Å². The van der Waals surface area contributed by atoms with Crippen LogP contribution in [0.3, 0.4) is 0 Å². The first-order chi connectivity index (χ1) is 33.0. The molecule has 1 aliphatic carbocycles. The van der Waals surface area contributed by atoms with E-state index < -0.39 is 132 Å². The van der Waals surface area contributed by atoms with Crippen molar-refractivity contribution in [3.05, 3.63) is 59.7 Å². The van der Waals surface area contributed by atoms with Crippen LogP contribution in [-0.2, 0) is 47.9 Å². The van der Waals surface area contributed by atoms with E-state index in [2.05, 4.69) is 37.2 Å². The molecule has 0 bridgehead atoms. The first kappa shape index (κ1) is 57.2. The van der Waals surface area contributed by atoms with Gasteiger partial charge in [0.15, 0.2) is 0 Å². The van der Waals surface area contributed by atoms with E-state index >= 15 is 0 Å². The highest BCUT2D eigenvalue weighted by atomic mass is 16.5. The SMILES string of the molecule is CC[C@H](C)[C@H](NC(=O)[C@H](CC(=O)O)NC(=O)[C@H](CC(=O)O)NC(=O)OCC1c2ccccc2-c2ccccc21)C(=O)N[C@@H](CCCCN)C(=O)N[C@H](C(=O)N[C@@H](C)C(=O)N[C@H](C(=O)O)C(C)C)C(C)C. The lowest BCUT2D eigenvalue weighted by molar-refractivity contribution is -0.143. The van der Waals surface area contributed by atoms with E-state index in [0.29, 0.717) is 12.8 Å². The summed E-state index contributed by atoms with van der Waals surface area (Å²) in [4.78, 5) is 130. The van der Waals surface area contributed by atoms with E-state index in [4.69, 9.17) is 10.5 Å². The standard InChI is InChI=1S/C48H68N8O14/c1-8-26(6)40(46(66)51-33(19-13-14-20-49)42(62)54-38(24(2)3)45(65)50-27(7)41(61)55-39(25(4)5)47(67)68)56-44(64)34(21-36(57)58)52-43(63)35(22-37(59)60)53-48(69)70-23-32-30-17-11-9-15-28(30)29-16-10-12-18-31(29)32/h9-12,15-18,24-27,32-35,38-40H,8,13-14,19-23,49H2,1-7H3,(H,50,65)(H,51,66)(H,52,63)(H,53,69)(H,54,62)(H,55,61)(H,56,64)(H,57,58)(H,59,60)(H,67,68)/t26-,27-,33-,34-,35-,38-,39-,40-/m0/s1. The second-order valence-electron chi connectivity index (χ2n) is 18.0. The number of nitrogens with two attached hydrogens (primary N) is 1. The minimum Gasteiger partial charge on any atom is -0.481 e. The summed E-state index contributed by atoms with van der Waals surface area (Å²) in [6.07, 6.45) is -2.10. The van der Waals surface area contributed by atoms with Crippen LogP contribution in [0.1, 0.15) is 104 Å². The van der Waals surface area contributed by atoms with Crippen molar-refractivity contribution in [2.75, 3.05) is 13.2 Å². The first-order valence-electron chi connectivity index (χ1n) is 23.3. The third-order valence-electron chi connectivity index (χ3n) is 11.9. The number of aliphatic carboxylic acids is 3. The molecule has 2 aromatic rings. The number of fused-ring (bicyclic) bond motifs is 3. The van der Waals surface area contributed by atoms with E-state index in [-0.39, 0.29) is 31.9 Å². The van der Waals surface area contributed by atoms with Crippen molar-refractivity contribution >= 4 is 59.4 Å². The molecule has 22 nitrogen and oxygen atoms in total. The van der Waals surface area contributed by atoms with Crippen LogP contribution in [-0.4, -0.2) is 130 Å². The fourth-order valence-electron chi connectivity index (χ4n) is 7.75. The van der Waals surface area contributed by atoms with Gasteiger partial charge in [-0.3, -0.25) is 38.4 Å². The molecule has 0 heterocycles. The molecule has 0 spiro atoms. The molecule has 0 saturated carbocycles. The number of alkyl carbamates (subject to hydrolysis) is 1. The van der Waals surface area contributed by atoms with Crippen LogP contribution in [0.15, 0.2) is 48.5 Å². The zero-order chi connectivity index (χ0) is 52.4. The molecule has 1 aliphatic rings. The third kappa shape index (κ3) is 16.6. The van der Waals surface area contributed by atoms with Crippen LogP contribution in [0, 0.1) is 17.8 Å². The van der Waals surface area contributed by atoms with Gasteiger partial charge in [0.25, 0.3) is 0 Å². The van der Waals surface area contributed by atoms with Gasteiger partial charge in [-0.15, -0.1) is 0 Å². The number of rotatable bonds is 28. The quantitative estimate of drug-likeness (QED) is 0.0536. The second kappa shape index (κ2) is 27.2. The smallest absolute Gasteiger partial charge is 0.407 e. The Kier molecular flexibility index (Phi) is 22.2. The molecule has 12 N–H and O–H groups in total. The number of carbonyl (C=O) groups excluding carboxylic acids is 7. The average molecular weight is 981 g/mol. The largest absolute Gasteiger partial charge is 0.481 e. The number of ether oxygens (including phenoxy) is 1. The van der Waals surface area contributed by atoms with Gasteiger partial charge in [-0.25, -0.2) is 9.59 Å². The molecule has 70 heavy (non-hydrogen) atoms. The van der Waals surface area contributed by atoms with Crippen molar-refractivity contribution < 1.29 is 68.0 Å². The van der Waals surface area contributed by atoms with Crippen molar-refractivity contribution in [2.24, 2.45) is 23.5 Å². The van der Waals surface area contributed by atoms with Crippen molar-refractivity contribution in [1.29, 1.82) is 0 Å². The Bertz CT molecular complexity index is 2170. The number of carboxylic acid groups (broad SMARTS) is 3. The Morgan fingerprint density at radius 3 is 1.51 bits per heavy atom. The number of amides is 7. The van der Waals surface area contributed by atoms with E-state index in [1.807, 2.05) is 48.5 Å². The van der Waals surface area contributed by atoms with Gasteiger partial charge in [-0.2, -0.15) is 0 Å². The highest BCUT2D eigenvalue weighted by Crippen LogP contribution is 2.44. The number of benzene rings is 2. The van der Waals surface area contributed by atoms with Crippen LogP contribution < -0.4 is 43.0 Å². The summed E-state index contributed by atoms with van der Waals surface area (Å²) in [5.41, 5.74) is 9.38. The summed E-state index contributed by atoms with van der Waals surface area (Å²) >= 11 is 0. The Morgan fingerprint density at radius 2 is 1.01 bits per heavy atom. The van der Waals surface area contributed by atoms with Gasteiger partial charge in [0.05, 0.1) is 12.8 Å². The molecule has 22 heteroatoms. The monoisotopic (exact) mass is 980 g/mol. The number of hydrogen-bond donors (Lipinski definition) is 11. The molecule has 0 aromatic heterocycles. The van der Waals surface area contributed by atoms with E-state index in [9.17, 15) is 63.3 Å². The van der Waals surface area contributed by atoms with Gasteiger partial charge in [0, 0.05) is 5.92 Å². The third-order valence-corrected chi connectivity index (χ3v) is 11.9. The predicted octanol–water partition coefficient (Wildman–Crippen LogP) is 1.34. The molecule has 0 aliphatic heterocycles. The Morgan fingerprint density at radius 1 is 0.557 bits per heavy atom. The van der Waals surface area contributed by atoms with Crippen molar-refractivity contribution in [3.8, 4) is 11.1 Å². The lowest BCUT2D eigenvalue weighted by Gasteiger charge is -2.30. The van der Waals surface area contributed by atoms with Gasteiger partial charge in [0.1, 0.15) is 48.9 Å². The molecule has 384 valence electrons. The highest BCUT2D eigenvalue weighted by Gasteiger charge is 2.37. The summed E-state index contributed by atoms with van der Waals surface area (Å²) < 4.78 is 5.48. The zero-order valence-corrected chi connectivity index (χ0v) is 40.5. The van der Waals surface area contributed by atoms with Crippen LogP contribution in [0.5, 0.6) is 0 Å². The number of nitrogens with one attached hydrogen (secondary N) is 7. The minimum absolute atomic E-state index is 0.0201. The second-order valence-corrected chi connectivity index (χ2v) is 18.0. The van der Waals surface area contributed by atoms with Gasteiger partial charge in [-0.1, -0.05) is 96.5 Å². The Balaban J connectivity index is 1.77. The molecular formula is C48H68N8O14. The molecule has 0 unspecified atom stereocenters. The Labute approximate surface area is 406 Å². The van der Waals surface area contributed by atoms with Crippen molar-refractivity contribution in [3.63, 3.8) is 0 Å². The lowest BCUT2D eigenvalue weighted by Crippen LogP contribution is -2.61. The van der Waals surface area contributed by atoms with E-state index in [1.165, 1.54) is 6.92 Å². The number of unbranched alkanes of at least 4 members (excludes halogenated alkanes) is 1. The maximum atomic E-state index is 14.1. The van der Waals surface area contributed by atoms with Crippen LogP contribution in [0.25, 0.3) is 11.1 Å². The minimum atomic E-state index is -1.90. The number of carbonyl (C=O) groups is 10. The number of hydrogen-bond acceptors (Lipinski definition) is 12. The molecule has 8 atom stereocenters. The van der Waals surface area contributed by atoms with Crippen molar-refractivity contribution in [1.82, 2.24) is 37.2 Å². The predicted molar refractivity (Wildman–Crippen MR) is 253 cm³/mol. The fraction of sp³-hybridized carbons (Fsp3) is 0.542. The summed E-state index contributed by atoms with van der Waals surface area (Å²) in [7, 11) is 0. The van der Waals surface area contributed by atoms with Crippen LogP contribution in [0.4, 0.5) is 4.79 Å². The zero-order valence-electron chi connectivity index (χ0n) is 40.5.